The Bertz CT molecular complexity index is 1080. The standard InChI is InChI=1S/C24H26FN5O2/c1-16-24(17(2)28-15-27-16)21-12-20(6-7-22(21)32-11-10-30-8-3-9-30)29-23(31)13-19-5-4-18(25)14-26-19/h4-7,12,14-15H,3,8-11,13H2,1-2H3,(H,29,31). The van der Waals surface area contributed by atoms with Crippen molar-refractivity contribution in [1.82, 2.24) is 19.9 Å². The fraction of sp³-hybridized carbons (Fsp3) is 0.333. The number of ether oxygens (including phenoxy) is 1. The van der Waals surface area contributed by atoms with Gasteiger partial charge in [0.15, 0.2) is 0 Å². The zero-order chi connectivity index (χ0) is 22.5. The quantitative estimate of drug-likeness (QED) is 0.583. The van der Waals surface area contributed by atoms with Crippen LogP contribution in [0.15, 0.2) is 42.9 Å². The Kier molecular flexibility index (Phi) is 6.70. The third-order valence-electron chi connectivity index (χ3n) is 5.50. The van der Waals surface area contributed by atoms with Gasteiger partial charge in [-0.05, 0) is 63.7 Å². The van der Waals surface area contributed by atoms with E-state index in [0.29, 0.717) is 18.0 Å². The molecule has 8 heteroatoms. The summed E-state index contributed by atoms with van der Waals surface area (Å²) in [7, 11) is 0. The predicted molar refractivity (Wildman–Crippen MR) is 120 cm³/mol. The summed E-state index contributed by atoms with van der Waals surface area (Å²) in [4.78, 5) is 27.5. The second-order valence-electron chi connectivity index (χ2n) is 7.87. The summed E-state index contributed by atoms with van der Waals surface area (Å²) in [5, 5.41) is 2.90. The van der Waals surface area contributed by atoms with Crippen LogP contribution in [-0.2, 0) is 11.2 Å². The fourth-order valence-corrected chi connectivity index (χ4v) is 3.68. The van der Waals surface area contributed by atoms with E-state index in [9.17, 15) is 9.18 Å². The number of aromatic nitrogens is 3. The first-order valence-electron chi connectivity index (χ1n) is 10.7. The Hall–Kier alpha value is -3.39. The van der Waals surface area contributed by atoms with Gasteiger partial charge in [0.1, 0.15) is 24.5 Å². The zero-order valence-corrected chi connectivity index (χ0v) is 18.3. The number of carbonyl (C=O) groups excluding carboxylic acids is 1. The van der Waals surface area contributed by atoms with E-state index in [1.165, 1.54) is 18.6 Å². The molecule has 1 aromatic carbocycles. The van der Waals surface area contributed by atoms with Crippen molar-refractivity contribution in [2.24, 2.45) is 0 Å². The van der Waals surface area contributed by atoms with Gasteiger partial charge in [-0.2, -0.15) is 0 Å². The van der Waals surface area contributed by atoms with Gasteiger partial charge in [0.25, 0.3) is 0 Å². The molecule has 0 spiro atoms. The van der Waals surface area contributed by atoms with Crippen LogP contribution < -0.4 is 10.1 Å². The van der Waals surface area contributed by atoms with Gasteiger partial charge in [-0.1, -0.05) is 0 Å². The molecule has 1 aliphatic heterocycles. The second-order valence-corrected chi connectivity index (χ2v) is 7.87. The number of nitrogens with one attached hydrogen (secondary N) is 1. The van der Waals surface area contributed by atoms with Crippen LogP contribution in [0.2, 0.25) is 0 Å². The lowest BCUT2D eigenvalue weighted by Crippen LogP contribution is -2.39. The van der Waals surface area contributed by atoms with Crippen molar-refractivity contribution < 1.29 is 13.9 Å². The number of amides is 1. The molecule has 32 heavy (non-hydrogen) atoms. The number of aryl methyl sites for hydroxylation is 2. The van der Waals surface area contributed by atoms with Crippen molar-refractivity contribution >= 4 is 11.6 Å². The molecule has 3 heterocycles. The Balaban J connectivity index is 1.55. The molecule has 166 valence electrons. The number of nitrogens with zero attached hydrogens (tertiary/aromatic N) is 4. The van der Waals surface area contributed by atoms with Gasteiger partial charge in [-0.25, -0.2) is 14.4 Å². The van der Waals surface area contributed by atoms with E-state index >= 15 is 0 Å². The molecule has 0 atom stereocenters. The first-order chi connectivity index (χ1) is 15.5. The molecule has 3 aromatic rings. The molecule has 1 saturated heterocycles. The minimum atomic E-state index is -0.431. The molecule has 1 aliphatic rings. The second kappa shape index (κ2) is 9.82. The van der Waals surface area contributed by atoms with Crippen molar-refractivity contribution in [2.75, 3.05) is 31.6 Å². The van der Waals surface area contributed by atoms with Gasteiger partial charge in [0.05, 0.1) is 12.6 Å². The zero-order valence-electron chi connectivity index (χ0n) is 18.3. The number of benzene rings is 1. The van der Waals surface area contributed by atoms with E-state index in [-0.39, 0.29) is 12.3 Å². The lowest BCUT2D eigenvalue weighted by atomic mass is 10.0. The van der Waals surface area contributed by atoms with Crippen molar-refractivity contribution in [1.29, 1.82) is 0 Å². The molecule has 1 N–H and O–H groups in total. The highest BCUT2D eigenvalue weighted by Gasteiger charge is 2.17. The smallest absolute Gasteiger partial charge is 0.230 e. The van der Waals surface area contributed by atoms with Crippen LogP contribution in [0.4, 0.5) is 10.1 Å². The minimum Gasteiger partial charge on any atom is -0.492 e. The van der Waals surface area contributed by atoms with Gasteiger partial charge < -0.3 is 10.1 Å². The predicted octanol–water partition coefficient (Wildman–Crippen LogP) is 3.56. The molecule has 1 amide bonds. The van der Waals surface area contributed by atoms with Gasteiger partial charge in [0.2, 0.25) is 5.91 Å². The maximum absolute atomic E-state index is 13.0. The van der Waals surface area contributed by atoms with E-state index in [0.717, 1.165) is 54.1 Å². The average molecular weight is 436 g/mol. The highest BCUT2D eigenvalue weighted by Crippen LogP contribution is 2.35. The summed E-state index contributed by atoms with van der Waals surface area (Å²) in [6.07, 6.45) is 3.94. The van der Waals surface area contributed by atoms with Crippen LogP contribution in [0.3, 0.4) is 0 Å². The van der Waals surface area contributed by atoms with Crippen LogP contribution in [0.1, 0.15) is 23.5 Å². The van der Waals surface area contributed by atoms with Crippen LogP contribution in [0.25, 0.3) is 11.1 Å². The third kappa shape index (κ3) is 5.26. The monoisotopic (exact) mass is 435 g/mol. The summed E-state index contributed by atoms with van der Waals surface area (Å²) in [6, 6.07) is 8.36. The number of anilines is 1. The molecule has 0 saturated carbocycles. The molecule has 0 unspecified atom stereocenters. The van der Waals surface area contributed by atoms with E-state index in [2.05, 4.69) is 25.2 Å². The topological polar surface area (TPSA) is 80.2 Å². The molecule has 0 bridgehead atoms. The van der Waals surface area contributed by atoms with E-state index in [1.807, 2.05) is 32.0 Å². The molecular formula is C24H26FN5O2. The first kappa shape index (κ1) is 21.8. The number of carbonyl (C=O) groups is 1. The summed E-state index contributed by atoms with van der Waals surface area (Å²) in [5.41, 5.74) is 4.53. The Morgan fingerprint density at radius 1 is 1.12 bits per heavy atom. The normalized spacial score (nSPS) is 13.5. The lowest BCUT2D eigenvalue weighted by molar-refractivity contribution is -0.115. The summed E-state index contributed by atoms with van der Waals surface area (Å²) in [6.45, 7) is 7.56. The molecule has 7 nitrogen and oxygen atoms in total. The van der Waals surface area contributed by atoms with Gasteiger partial charge in [-0.3, -0.25) is 14.7 Å². The Morgan fingerprint density at radius 3 is 2.56 bits per heavy atom. The number of hydrogen-bond donors (Lipinski definition) is 1. The number of halogens is 1. The summed E-state index contributed by atoms with van der Waals surface area (Å²) < 4.78 is 19.2. The van der Waals surface area contributed by atoms with Crippen LogP contribution in [0, 0.1) is 19.7 Å². The van der Waals surface area contributed by atoms with Crippen molar-refractivity contribution in [2.45, 2.75) is 26.7 Å². The van der Waals surface area contributed by atoms with Crippen molar-refractivity contribution in [3.8, 4) is 16.9 Å². The molecule has 4 rings (SSSR count). The number of rotatable bonds is 8. The average Bonchev–Trinajstić information content (AvgIpc) is 2.72. The van der Waals surface area contributed by atoms with Gasteiger partial charge in [-0.15, -0.1) is 0 Å². The minimum absolute atomic E-state index is 0.0518. The van der Waals surface area contributed by atoms with Crippen LogP contribution >= 0.6 is 0 Å². The maximum Gasteiger partial charge on any atom is 0.230 e. The number of likely N-dealkylation sites (tertiary alicyclic amines) is 1. The van der Waals surface area contributed by atoms with Gasteiger partial charge in [0, 0.05) is 40.4 Å². The van der Waals surface area contributed by atoms with Crippen molar-refractivity contribution in [3.63, 3.8) is 0 Å². The van der Waals surface area contributed by atoms with E-state index in [4.69, 9.17) is 4.74 Å². The molecule has 0 aliphatic carbocycles. The first-order valence-corrected chi connectivity index (χ1v) is 10.7. The molecule has 2 aromatic heterocycles. The SMILES string of the molecule is Cc1ncnc(C)c1-c1cc(NC(=O)Cc2ccc(F)cn2)ccc1OCCN1CCC1. The maximum atomic E-state index is 13.0. The molecule has 1 fully saturated rings. The number of pyridine rings is 1. The number of hydrogen-bond acceptors (Lipinski definition) is 6. The van der Waals surface area contributed by atoms with E-state index in [1.54, 1.807) is 6.33 Å². The molecular weight excluding hydrogens is 409 g/mol. The van der Waals surface area contributed by atoms with Crippen LogP contribution in [0.5, 0.6) is 5.75 Å². The fourth-order valence-electron chi connectivity index (χ4n) is 3.68. The largest absolute Gasteiger partial charge is 0.492 e. The van der Waals surface area contributed by atoms with Crippen LogP contribution in [-0.4, -0.2) is 52.0 Å². The summed E-state index contributed by atoms with van der Waals surface area (Å²) >= 11 is 0. The third-order valence-corrected chi connectivity index (χ3v) is 5.50. The van der Waals surface area contributed by atoms with Gasteiger partial charge >= 0.3 is 0 Å². The Morgan fingerprint density at radius 2 is 1.91 bits per heavy atom. The lowest BCUT2D eigenvalue weighted by Gasteiger charge is -2.30. The highest BCUT2D eigenvalue weighted by atomic mass is 19.1. The summed E-state index contributed by atoms with van der Waals surface area (Å²) in [5.74, 6) is 0.0586. The molecule has 0 radical (unpaired) electrons. The van der Waals surface area contributed by atoms with E-state index < -0.39 is 5.82 Å². The highest BCUT2D eigenvalue weighted by molar-refractivity contribution is 5.93. The van der Waals surface area contributed by atoms with Crippen molar-refractivity contribution in [3.05, 3.63) is 65.8 Å². The Labute approximate surface area is 186 Å².